The summed E-state index contributed by atoms with van der Waals surface area (Å²) in [7, 11) is -1.14. The Hall–Kier alpha value is -0.963. The van der Waals surface area contributed by atoms with E-state index in [1.807, 2.05) is 24.4 Å². The van der Waals surface area contributed by atoms with Gasteiger partial charge in [0, 0.05) is 18.1 Å². The molecule has 14 heavy (non-hydrogen) atoms. The Kier molecular flexibility index (Phi) is 3.58. The van der Waals surface area contributed by atoms with Crippen molar-refractivity contribution in [3.05, 3.63) is 30.1 Å². The lowest BCUT2D eigenvalue weighted by Gasteiger charge is -2.20. The van der Waals surface area contributed by atoms with Crippen LogP contribution < -0.4 is 0 Å². The normalized spacial score (nSPS) is 14.6. The third-order valence-electron chi connectivity index (χ3n) is 2.37. The highest BCUT2D eigenvalue weighted by atomic mass is 28.3. The van der Waals surface area contributed by atoms with E-state index in [0.29, 0.717) is 5.67 Å². The molecule has 0 fully saturated rings. The van der Waals surface area contributed by atoms with E-state index in [2.05, 4.69) is 36.5 Å². The molecule has 2 nitrogen and oxygen atoms in total. The van der Waals surface area contributed by atoms with Gasteiger partial charge in [-0.2, -0.15) is 0 Å². The predicted molar refractivity (Wildman–Crippen MR) is 64.6 cm³/mol. The first kappa shape index (κ1) is 11.1. The fourth-order valence-corrected chi connectivity index (χ4v) is 1.39. The summed E-state index contributed by atoms with van der Waals surface area (Å²) in [4.78, 5) is 8.74. The fourth-order valence-electron chi connectivity index (χ4n) is 0.864. The summed E-state index contributed by atoms with van der Waals surface area (Å²) in [6.45, 7) is 9.17. The second-order valence-corrected chi connectivity index (χ2v) is 10.1. The van der Waals surface area contributed by atoms with E-state index in [9.17, 15) is 0 Å². The maximum atomic E-state index is 4.54. The van der Waals surface area contributed by atoms with Crippen molar-refractivity contribution in [3.63, 3.8) is 0 Å². The van der Waals surface area contributed by atoms with Crippen molar-refractivity contribution in [1.82, 2.24) is 4.98 Å². The zero-order valence-electron chi connectivity index (χ0n) is 9.36. The summed E-state index contributed by atoms with van der Waals surface area (Å²) in [5.74, 6) is 0. The van der Waals surface area contributed by atoms with Crippen LogP contribution in [-0.2, 0) is 0 Å². The predicted octanol–water partition coefficient (Wildman–Crippen LogP) is 2.77. The van der Waals surface area contributed by atoms with Crippen molar-refractivity contribution in [2.45, 2.75) is 32.2 Å². The third-order valence-corrected chi connectivity index (χ3v) is 5.03. The molecule has 0 aromatic carbocycles. The SMILES string of the molecule is CC(/N=C/c1ccccn1)[Si](C)(C)C. The summed E-state index contributed by atoms with van der Waals surface area (Å²) < 4.78 is 0. The zero-order valence-corrected chi connectivity index (χ0v) is 10.4. The molecule has 0 saturated heterocycles. The van der Waals surface area contributed by atoms with Crippen molar-refractivity contribution in [2.75, 3.05) is 0 Å². The van der Waals surface area contributed by atoms with Gasteiger partial charge in [0.15, 0.2) is 0 Å². The lowest BCUT2D eigenvalue weighted by molar-refractivity contribution is 0.978. The average molecular weight is 206 g/mol. The van der Waals surface area contributed by atoms with Crippen LogP contribution in [0.3, 0.4) is 0 Å². The highest BCUT2D eigenvalue weighted by Gasteiger charge is 2.20. The van der Waals surface area contributed by atoms with Crippen molar-refractivity contribution >= 4 is 14.3 Å². The Morgan fingerprint density at radius 2 is 2.07 bits per heavy atom. The van der Waals surface area contributed by atoms with E-state index in [-0.39, 0.29) is 0 Å². The molecule has 0 saturated carbocycles. The van der Waals surface area contributed by atoms with Crippen LogP contribution in [0.15, 0.2) is 29.4 Å². The molecule has 1 unspecified atom stereocenters. The minimum Gasteiger partial charge on any atom is -0.291 e. The second-order valence-electron chi connectivity index (χ2n) is 4.57. The van der Waals surface area contributed by atoms with Gasteiger partial charge in [0.25, 0.3) is 0 Å². The molecule has 0 spiro atoms. The van der Waals surface area contributed by atoms with Crippen LogP contribution in [0.2, 0.25) is 19.6 Å². The Balaban J connectivity index is 2.66. The van der Waals surface area contributed by atoms with Crippen LogP contribution >= 0.6 is 0 Å². The van der Waals surface area contributed by atoms with Gasteiger partial charge in [-0.15, -0.1) is 0 Å². The Morgan fingerprint density at radius 1 is 1.36 bits per heavy atom. The molecule has 1 heterocycles. The highest BCUT2D eigenvalue weighted by molar-refractivity contribution is 6.77. The zero-order chi connectivity index (χ0) is 10.6. The largest absolute Gasteiger partial charge is 0.291 e. The molecule has 0 aliphatic heterocycles. The monoisotopic (exact) mass is 206 g/mol. The average Bonchev–Trinajstić information content (AvgIpc) is 2.14. The first-order valence-corrected chi connectivity index (χ1v) is 8.52. The van der Waals surface area contributed by atoms with Gasteiger partial charge in [0.05, 0.1) is 13.8 Å². The topological polar surface area (TPSA) is 25.2 Å². The lowest BCUT2D eigenvalue weighted by Crippen LogP contribution is -2.34. The van der Waals surface area contributed by atoms with Gasteiger partial charge in [-0.25, -0.2) is 0 Å². The van der Waals surface area contributed by atoms with Gasteiger partial charge >= 0.3 is 0 Å². The van der Waals surface area contributed by atoms with Gasteiger partial charge in [0.1, 0.15) is 0 Å². The van der Waals surface area contributed by atoms with Crippen molar-refractivity contribution < 1.29 is 0 Å². The quantitative estimate of drug-likeness (QED) is 0.551. The molecule has 3 heteroatoms. The summed E-state index contributed by atoms with van der Waals surface area (Å²) in [5, 5.41) is 0. The smallest absolute Gasteiger partial charge is 0.0807 e. The van der Waals surface area contributed by atoms with Crippen LogP contribution in [0.25, 0.3) is 0 Å². The van der Waals surface area contributed by atoms with E-state index in [4.69, 9.17) is 0 Å². The van der Waals surface area contributed by atoms with E-state index >= 15 is 0 Å². The summed E-state index contributed by atoms with van der Waals surface area (Å²) >= 11 is 0. The lowest BCUT2D eigenvalue weighted by atomic mass is 10.4. The molecule has 1 aromatic heterocycles. The van der Waals surface area contributed by atoms with Crippen LogP contribution in [0.5, 0.6) is 0 Å². The van der Waals surface area contributed by atoms with Crippen molar-refractivity contribution in [3.8, 4) is 0 Å². The minimum absolute atomic E-state index is 0.449. The molecule has 0 aliphatic rings. The summed E-state index contributed by atoms with van der Waals surface area (Å²) in [6.07, 6.45) is 3.67. The minimum atomic E-state index is -1.14. The number of aliphatic imine (C=N–C) groups is 1. The summed E-state index contributed by atoms with van der Waals surface area (Å²) in [6, 6.07) is 5.87. The Labute approximate surface area is 87.1 Å². The molecule has 0 N–H and O–H groups in total. The molecular formula is C11H18N2Si. The molecular weight excluding hydrogens is 188 g/mol. The highest BCUT2D eigenvalue weighted by Crippen LogP contribution is 2.10. The third kappa shape index (κ3) is 3.42. The molecule has 1 atom stereocenters. The first-order chi connectivity index (χ1) is 6.50. The molecule has 0 bridgehead atoms. The van der Waals surface area contributed by atoms with Gasteiger partial charge in [-0.1, -0.05) is 25.7 Å². The van der Waals surface area contributed by atoms with E-state index in [1.165, 1.54) is 0 Å². The van der Waals surface area contributed by atoms with Gasteiger partial charge in [0.2, 0.25) is 0 Å². The van der Waals surface area contributed by atoms with Crippen LogP contribution in [0.1, 0.15) is 12.6 Å². The van der Waals surface area contributed by atoms with Crippen molar-refractivity contribution in [2.24, 2.45) is 4.99 Å². The molecule has 0 aliphatic carbocycles. The standard InChI is InChI=1S/C11H18N2Si/c1-10(14(2,3)4)13-9-11-7-5-6-8-12-11/h5-10H,1-4H3/b13-9+. The fraction of sp³-hybridized carbons (Fsp3) is 0.455. The van der Waals surface area contributed by atoms with Gasteiger partial charge < -0.3 is 0 Å². The first-order valence-electron chi connectivity index (χ1n) is 4.94. The van der Waals surface area contributed by atoms with Crippen LogP contribution in [0.4, 0.5) is 0 Å². The number of hydrogen-bond acceptors (Lipinski definition) is 2. The van der Waals surface area contributed by atoms with Gasteiger partial charge in [-0.3, -0.25) is 9.98 Å². The summed E-state index contributed by atoms with van der Waals surface area (Å²) in [5.41, 5.74) is 1.39. The van der Waals surface area contributed by atoms with E-state index in [1.54, 1.807) is 6.20 Å². The number of nitrogens with zero attached hydrogens (tertiary/aromatic N) is 2. The number of rotatable bonds is 3. The van der Waals surface area contributed by atoms with E-state index < -0.39 is 8.07 Å². The van der Waals surface area contributed by atoms with E-state index in [0.717, 1.165) is 5.69 Å². The second kappa shape index (κ2) is 4.51. The number of aromatic nitrogens is 1. The molecule has 1 rings (SSSR count). The number of hydrogen-bond donors (Lipinski definition) is 0. The number of pyridine rings is 1. The molecule has 1 aromatic rings. The van der Waals surface area contributed by atoms with Crippen molar-refractivity contribution in [1.29, 1.82) is 0 Å². The van der Waals surface area contributed by atoms with Crippen LogP contribution in [-0.4, -0.2) is 24.9 Å². The molecule has 0 amide bonds. The Morgan fingerprint density at radius 3 is 2.57 bits per heavy atom. The molecule has 76 valence electrons. The molecule has 0 radical (unpaired) electrons. The van der Waals surface area contributed by atoms with Gasteiger partial charge in [-0.05, 0) is 19.1 Å². The van der Waals surface area contributed by atoms with Crippen LogP contribution in [0, 0.1) is 0 Å². The Bertz CT molecular complexity index is 301. The maximum absolute atomic E-state index is 4.54. The maximum Gasteiger partial charge on any atom is 0.0807 e.